The Kier molecular flexibility index (Phi) is 10.1. The van der Waals surface area contributed by atoms with Crippen LogP contribution in [0.5, 0.6) is 0 Å². The lowest BCUT2D eigenvalue weighted by molar-refractivity contribution is -0.0841. The summed E-state index contributed by atoms with van der Waals surface area (Å²) in [7, 11) is -1.90. The standard InChI is InChI=1S/C27H40N4O5S/c1-22(2)20-31(37(34,35)30-16-14-29(3)15-17-30)21-25(32)27(36-26(28)33,18-23-10-6-4-7-11-23)19-24-12-8-5-9-13-24/h4-13,22,25,32H,14-21H2,1-3H3,(H2,28,33)/t25-/m1/s1. The van der Waals surface area contributed by atoms with Gasteiger partial charge in [-0.1, -0.05) is 74.5 Å². The first-order valence-electron chi connectivity index (χ1n) is 12.7. The Hall–Kier alpha value is -2.50. The second-order valence-corrected chi connectivity index (χ2v) is 12.2. The molecule has 204 valence electrons. The molecule has 1 amide bonds. The molecule has 0 aromatic heterocycles. The van der Waals surface area contributed by atoms with Crippen molar-refractivity contribution in [3.8, 4) is 0 Å². The summed E-state index contributed by atoms with van der Waals surface area (Å²) in [4.78, 5) is 14.3. The summed E-state index contributed by atoms with van der Waals surface area (Å²) in [5, 5.41) is 11.8. The van der Waals surface area contributed by atoms with Gasteiger partial charge in [0.25, 0.3) is 10.2 Å². The molecule has 0 bridgehead atoms. The number of carbonyl (C=O) groups excluding carboxylic acids is 1. The number of hydrogen-bond donors (Lipinski definition) is 2. The number of amides is 1. The zero-order chi connectivity index (χ0) is 27.1. The Balaban J connectivity index is 1.99. The van der Waals surface area contributed by atoms with Crippen LogP contribution in [0.25, 0.3) is 0 Å². The minimum absolute atomic E-state index is 0.0177. The van der Waals surface area contributed by atoms with Gasteiger partial charge in [0.15, 0.2) is 0 Å². The number of primary amides is 1. The minimum Gasteiger partial charge on any atom is -0.440 e. The van der Waals surface area contributed by atoms with Gasteiger partial charge in [0, 0.05) is 52.1 Å². The highest BCUT2D eigenvalue weighted by Crippen LogP contribution is 2.29. The Morgan fingerprint density at radius 1 is 0.973 bits per heavy atom. The summed E-state index contributed by atoms with van der Waals surface area (Å²) in [6.45, 7) is 5.86. The zero-order valence-corrected chi connectivity index (χ0v) is 22.8. The predicted molar refractivity (Wildman–Crippen MR) is 144 cm³/mol. The van der Waals surface area contributed by atoms with Crippen molar-refractivity contribution in [1.82, 2.24) is 13.5 Å². The van der Waals surface area contributed by atoms with Gasteiger partial charge in [-0.05, 0) is 24.1 Å². The molecule has 0 saturated carbocycles. The Bertz CT molecular complexity index is 1050. The van der Waals surface area contributed by atoms with Crippen molar-refractivity contribution in [2.24, 2.45) is 11.7 Å². The Morgan fingerprint density at radius 3 is 1.89 bits per heavy atom. The molecule has 1 aliphatic heterocycles. The highest BCUT2D eigenvalue weighted by Gasteiger charge is 2.45. The van der Waals surface area contributed by atoms with E-state index in [4.69, 9.17) is 10.5 Å². The van der Waals surface area contributed by atoms with E-state index in [-0.39, 0.29) is 31.8 Å². The number of nitrogens with zero attached hydrogens (tertiary/aromatic N) is 3. The molecule has 3 N–H and O–H groups in total. The number of aliphatic hydroxyl groups excluding tert-OH is 1. The molecule has 37 heavy (non-hydrogen) atoms. The molecule has 3 rings (SSSR count). The lowest BCUT2D eigenvalue weighted by Crippen LogP contribution is -2.59. The fourth-order valence-corrected chi connectivity index (χ4v) is 6.50. The van der Waals surface area contributed by atoms with Crippen LogP contribution in [0.15, 0.2) is 60.7 Å². The van der Waals surface area contributed by atoms with Gasteiger partial charge in [-0.3, -0.25) is 0 Å². The smallest absolute Gasteiger partial charge is 0.405 e. The van der Waals surface area contributed by atoms with Gasteiger partial charge in [-0.25, -0.2) is 4.79 Å². The third-order valence-electron chi connectivity index (χ3n) is 6.66. The average Bonchev–Trinajstić information content (AvgIpc) is 2.84. The summed E-state index contributed by atoms with van der Waals surface area (Å²) < 4.78 is 36.0. The van der Waals surface area contributed by atoms with Gasteiger partial charge >= 0.3 is 6.09 Å². The number of nitrogens with two attached hydrogens (primary N) is 1. The fourth-order valence-electron chi connectivity index (χ4n) is 4.73. The first kappa shape index (κ1) is 29.1. The maximum Gasteiger partial charge on any atom is 0.405 e. The highest BCUT2D eigenvalue weighted by atomic mass is 32.2. The van der Waals surface area contributed by atoms with Crippen molar-refractivity contribution in [2.75, 3.05) is 46.3 Å². The van der Waals surface area contributed by atoms with Crippen LogP contribution in [-0.4, -0.2) is 91.1 Å². The number of piperazine rings is 1. The van der Waals surface area contributed by atoms with Crippen LogP contribution in [0.1, 0.15) is 25.0 Å². The molecule has 2 aromatic rings. The van der Waals surface area contributed by atoms with Crippen molar-refractivity contribution < 1.29 is 23.1 Å². The van der Waals surface area contributed by atoms with Crippen LogP contribution in [-0.2, 0) is 27.8 Å². The molecular weight excluding hydrogens is 492 g/mol. The third kappa shape index (κ3) is 7.99. The first-order chi connectivity index (χ1) is 17.5. The number of rotatable bonds is 12. The number of carbonyl (C=O) groups is 1. The average molecular weight is 533 g/mol. The lowest BCUT2D eigenvalue weighted by atomic mass is 9.82. The van der Waals surface area contributed by atoms with Gasteiger partial charge in [-0.2, -0.15) is 17.0 Å². The van der Waals surface area contributed by atoms with Crippen molar-refractivity contribution >= 4 is 16.3 Å². The lowest BCUT2D eigenvalue weighted by Gasteiger charge is -2.41. The molecule has 1 heterocycles. The van der Waals surface area contributed by atoms with E-state index in [0.717, 1.165) is 11.1 Å². The van der Waals surface area contributed by atoms with E-state index in [2.05, 4.69) is 4.90 Å². The third-order valence-corrected chi connectivity index (χ3v) is 8.63. The van der Waals surface area contributed by atoms with E-state index >= 15 is 0 Å². The fraction of sp³-hybridized carbons (Fsp3) is 0.519. The van der Waals surface area contributed by atoms with Crippen molar-refractivity contribution in [3.63, 3.8) is 0 Å². The summed E-state index contributed by atoms with van der Waals surface area (Å²) in [5.74, 6) is 0.0177. The van der Waals surface area contributed by atoms with Crippen molar-refractivity contribution in [3.05, 3.63) is 71.8 Å². The first-order valence-corrected chi connectivity index (χ1v) is 14.1. The van der Waals surface area contributed by atoms with E-state index < -0.39 is 28.0 Å². The van der Waals surface area contributed by atoms with Crippen LogP contribution in [0.3, 0.4) is 0 Å². The SMILES string of the molecule is CC(C)CN(C[C@@H](O)C(Cc1ccccc1)(Cc1ccccc1)OC(N)=O)S(=O)(=O)N1CCN(C)CC1. The van der Waals surface area contributed by atoms with E-state index in [9.17, 15) is 18.3 Å². The number of benzene rings is 2. The molecule has 1 fully saturated rings. The van der Waals surface area contributed by atoms with Crippen LogP contribution in [0.4, 0.5) is 4.79 Å². The van der Waals surface area contributed by atoms with Crippen LogP contribution >= 0.6 is 0 Å². The minimum atomic E-state index is -3.86. The summed E-state index contributed by atoms with van der Waals surface area (Å²) >= 11 is 0. The quantitative estimate of drug-likeness (QED) is 0.433. The van der Waals surface area contributed by atoms with Crippen molar-refractivity contribution in [1.29, 1.82) is 0 Å². The summed E-state index contributed by atoms with van der Waals surface area (Å²) in [6, 6.07) is 18.7. The monoisotopic (exact) mass is 532 g/mol. The van der Waals surface area contributed by atoms with E-state index in [1.807, 2.05) is 81.6 Å². The summed E-state index contributed by atoms with van der Waals surface area (Å²) in [6.07, 6.45) is -2.04. The number of likely N-dealkylation sites (N-methyl/N-ethyl adjacent to an activating group) is 1. The molecule has 1 saturated heterocycles. The van der Waals surface area contributed by atoms with Crippen LogP contribution in [0, 0.1) is 5.92 Å². The topological polar surface area (TPSA) is 116 Å². The second kappa shape index (κ2) is 12.8. The maximum absolute atomic E-state index is 13.7. The number of hydrogen-bond acceptors (Lipinski definition) is 6. The molecule has 0 radical (unpaired) electrons. The zero-order valence-electron chi connectivity index (χ0n) is 22.0. The van der Waals surface area contributed by atoms with Gasteiger partial charge in [0.05, 0.1) is 0 Å². The van der Waals surface area contributed by atoms with Crippen molar-refractivity contribution in [2.45, 2.75) is 38.4 Å². The maximum atomic E-state index is 13.7. The molecule has 0 spiro atoms. The predicted octanol–water partition coefficient (Wildman–Crippen LogP) is 2.12. The molecule has 10 heteroatoms. The van der Waals surface area contributed by atoms with Crippen LogP contribution in [0.2, 0.25) is 0 Å². The van der Waals surface area contributed by atoms with Gasteiger partial charge in [-0.15, -0.1) is 0 Å². The molecule has 0 aliphatic carbocycles. The van der Waals surface area contributed by atoms with Crippen LogP contribution < -0.4 is 5.73 Å². The normalized spacial score (nSPS) is 16.7. The molecule has 1 aliphatic rings. The second-order valence-electron chi connectivity index (χ2n) is 10.2. The Labute approximate surface area is 221 Å². The molecule has 1 atom stereocenters. The van der Waals surface area contributed by atoms with Gasteiger partial charge in [0.2, 0.25) is 0 Å². The summed E-state index contributed by atoms with van der Waals surface area (Å²) in [5.41, 5.74) is 5.71. The van der Waals surface area contributed by atoms with E-state index in [1.54, 1.807) is 0 Å². The largest absolute Gasteiger partial charge is 0.440 e. The number of ether oxygens (including phenoxy) is 1. The molecular formula is C27H40N4O5S. The molecule has 9 nitrogen and oxygen atoms in total. The molecule has 2 aromatic carbocycles. The van der Waals surface area contributed by atoms with Gasteiger partial charge < -0.3 is 20.5 Å². The van der Waals surface area contributed by atoms with E-state index in [1.165, 1.54) is 8.61 Å². The van der Waals surface area contributed by atoms with E-state index in [0.29, 0.717) is 26.2 Å². The molecule has 0 unspecified atom stereocenters. The number of aliphatic hydroxyl groups is 1. The Morgan fingerprint density at radius 2 is 1.46 bits per heavy atom. The van der Waals surface area contributed by atoms with Gasteiger partial charge in [0.1, 0.15) is 11.7 Å². The highest BCUT2D eigenvalue weighted by molar-refractivity contribution is 7.86.